The van der Waals surface area contributed by atoms with Gasteiger partial charge in [0, 0.05) is 24.1 Å². The number of rotatable bonds is 5. The van der Waals surface area contributed by atoms with Crippen molar-refractivity contribution in [1.82, 2.24) is 4.90 Å². The van der Waals surface area contributed by atoms with Gasteiger partial charge in [-0.05, 0) is 51.0 Å². The van der Waals surface area contributed by atoms with Gasteiger partial charge in [0.25, 0.3) is 0 Å². The normalized spacial score (nSPS) is 17.0. The van der Waals surface area contributed by atoms with E-state index in [1.807, 2.05) is 31.2 Å². The summed E-state index contributed by atoms with van der Waals surface area (Å²) in [5.41, 5.74) is 3.06. The largest absolute Gasteiger partial charge is 0.460 e. The van der Waals surface area contributed by atoms with Gasteiger partial charge < -0.3 is 9.64 Å². The zero-order valence-electron chi connectivity index (χ0n) is 17.5. The molecule has 6 heteroatoms. The van der Waals surface area contributed by atoms with E-state index in [2.05, 4.69) is 0 Å². The summed E-state index contributed by atoms with van der Waals surface area (Å²) in [6.45, 7) is 7.12. The third-order valence-corrected chi connectivity index (χ3v) is 5.13. The molecule has 0 unspecified atom stereocenters. The molecule has 1 amide bonds. The number of allylic oxidation sites excluding steroid dienone is 1. The molecule has 1 aliphatic heterocycles. The first kappa shape index (κ1) is 21.7. The van der Waals surface area contributed by atoms with Crippen molar-refractivity contribution in [3.8, 4) is 0 Å². The third kappa shape index (κ3) is 4.75. The first-order valence-electron chi connectivity index (χ1n) is 9.89. The van der Waals surface area contributed by atoms with Crippen LogP contribution in [0.1, 0.15) is 49.8 Å². The van der Waals surface area contributed by atoms with Gasteiger partial charge in [0.2, 0.25) is 5.91 Å². The Balaban J connectivity index is 2.04. The van der Waals surface area contributed by atoms with Gasteiger partial charge in [-0.25, -0.2) is 13.6 Å². The van der Waals surface area contributed by atoms with E-state index in [-0.39, 0.29) is 25.0 Å². The van der Waals surface area contributed by atoms with Crippen LogP contribution >= 0.6 is 0 Å². The SMILES string of the molecule is CC1=C(C(=O)OC(C)C)[C@@H](c2ccc(C)cc2)CC(=O)N1Cc1cc(F)cc(F)c1. The number of hydrogen-bond donors (Lipinski definition) is 0. The maximum atomic E-state index is 13.6. The molecule has 0 spiro atoms. The van der Waals surface area contributed by atoms with Crippen molar-refractivity contribution in [2.75, 3.05) is 0 Å². The molecule has 4 nitrogen and oxygen atoms in total. The average molecular weight is 413 g/mol. The summed E-state index contributed by atoms with van der Waals surface area (Å²) in [5, 5.41) is 0. The van der Waals surface area contributed by atoms with Gasteiger partial charge in [0.05, 0.1) is 18.2 Å². The summed E-state index contributed by atoms with van der Waals surface area (Å²) in [6, 6.07) is 10.8. The molecule has 2 aromatic carbocycles. The number of aryl methyl sites for hydroxylation is 1. The Kier molecular flexibility index (Phi) is 6.34. The number of carbonyl (C=O) groups is 2. The minimum absolute atomic E-state index is 0.0293. The van der Waals surface area contributed by atoms with Crippen molar-refractivity contribution in [2.24, 2.45) is 0 Å². The van der Waals surface area contributed by atoms with Crippen molar-refractivity contribution >= 4 is 11.9 Å². The number of amides is 1. The lowest BCUT2D eigenvalue weighted by Gasteiger charge is -2.35. The highest BCUT2D eigenvalue weighted by molar-refractivity contribution is 5.96. The highest BCUT2D eigenvalue weighted by Gasteiger charge is 2.37. The van der Waals surface area contributed by atoms with Crippen LogP contribution in [0, 0.1) is 18.6 Å². The molecule has 2 aromatic rings. The van der Waals surface area contributed by atoms with E-state index in [1.54, 1.807) is 20.8 Å². The molecule has 0 aliphatic carbocycles. The molecule has 0 radical (unpaired) electrons. The van der Waals surface area contributed by atoms with Crippen LogP contribution in [0.15, 0.2) is 53.7 Å². The standard InChI is InChI=1S/C24H25F2NO3/c1-14(2)30-24(29)23-16(4)27(13-17-9-19(25)11-20(26)10-17)22(28)12-21(23)18-7-5-15(3)6-8-18/h5-11,14,21H,12-13H2,1-4H3/t21-/m1/s1. The molecule has 0 bridgehead atoms. The highest BCUT2D eigenvalue weighted by atomic mass is 19.1. The Morgan fingerprint density at radius 2 is 1.70 bits per heavy atom. The topological polar surface area (TPSA) is 46.6 Å². The summed E-state index contributed by atoms with van der Waals surface area (Å²) < 4.78 is 32.7. The molecule has 0 aromatic heterocycles. The van der Waals surface area contributed by atoms with E-state index >= 15 is 0 Å². The predicted octanol–water partition coefficient (Wildman–Crippen LogP) is 5.01. The molecule has 1 aliphatic rings. The van der Waals surface area contributed by atoms with Crippen molar-refractivity contribution < 1.29 is 23.1 Å². The molecule has 158 valence electrons. The average Bonchev–Trinajstić information content (AvgIpc) is 2.64. The summed E-state index contributed by atoms with van der Waals surface area (Å²) in [6.07, 6.45) is -0.249. The van der Waals surface area contributed by atoms with Gasteiger partial charge in [-0.1, -0.05) is 29.8 Å². The second-order valence-corrected chi connectivity index (χ2v) is 7.88. The van der Waals surface area contributed by atoms with Crippen LogP contribution in [-0.2, 0) is 20.9 Å². The predicted molar refractivity (Wildman–Crippen MR) is 109 cm³/mol. The molecule has 30 heavy (non-hydrogen) atoms. The van der Waals surface area contributed by atoms with Gasteiger partial charge >= 0.3 is 5.97 Å². The van der Waals surface area contributed by atoms with Crippen molar-refractivity contribution in [1.29, 1.82) is 0 Å². The van der Waals surface area contributed by atoms with E-state index in [0.717, 1.165) is 17.2 Å². The number of halogens is 2. The zero-order valence-corrected chi connectivity index (χ0v) is 17.5. The van der Waals surface area contributed by atoms with Crippen LogP contribution in [0.5, 0.6) is 0 Å². The fourth-order valence-corrected chi connectivity index (χ4v) is 3.71. The first-order valence-corrected chi connectivity index (χ1v) is 9.89. The molecule has 3 rings (SSSR count). The number of esters is 1. The first-order chi connectivity index (χ1) is 14.2. The fraction of sp³-hybridized carbons (Fsp3) is 0.333. The van der Waals surface area contributed by atoms with E-state index in [0.29, 0.717) is 16.8 Å². The molecular weight excluding hydrogens is 388 g/mol. The second-order valence-electron chi connectivity index (χ2n) is 7.88. The minimum Gasteiger partial charge on any atom is -0.460 e. The number of benzene rings is 2. The number of carbonyl (C=O) groups excluding carboxylic acids is 2. The van der Waals surface area contributed by atoms with Gasteiger partial charge in [-0.3, -0.25) is 4.79 Å². The quantitative estimate of drug-likeness (QED) is 0.647. The summed E-state index contributed by atoms with van der Waals surface area (Å²) in [7, 11) is 0. The van der Waals surface area contributed by atoms with E-state index in [4.69, 9.17) is 4.74 Å². The van der Waals surface area contributed by atoms with Gasteiger partial charge in [-0.2, -0.15) is 0 Å². The summed E-state index contributed by atoms with van der Waals surface area (Å²) >= 11 is 0. The molecule has 0 saturated heterocycles. The Morgan fingerprint density at radius 1 is 1.10 bits per heavy atom. The lowest BCUT2D eigenvalue weighted by Crippen LogP contribution is -2.38. The Labute approximate surface area is 175 Å². The van der Waals surface area contributed by atoms with Gasteiger partial charge in [-0.15, -0.1) is 0 Å². The summed E-state index contributed by atoms with van der Waals surface area (Å²) in [5.74, 6) is -2.58. The molecule has 0 saturated carbocycles. The van der Waals surface area contributed by atoms with E-state index in [9.17, 15) is 18.4 Å². The Hall–Kier alpha value is -3.02. The van der Waals surface area contributed by atoms with Crippen LogP contribution in [0.2, 0.25) is 0 Å². The van der Waals surface area contributed by atoms with Crippen molar-refractivity contribution in [2.45, 2.75) is 52.7 Å². The molecule has 1 atom stereocenters. The lowest BCUT2D eigenvalue weighted by atomic mass is 9.83. The van der Waals surface area contributed by atoms with E-state index in [1.165, 1.54) is 17.0 Å². The Morgan fingerprint density at radius 3 is 2.27 bits per heavy atom. The van der Waals surface area contributed by atoms with Crippen molar-refractivity contribution in [3.63, 3.8) is 0 Å². The summed E-state index contributed by atoms with van der Waals surface area (Å²) in [4.78, 5) is 27.3. The van der Waals surface area contributed by atoms with Gasteiger partial charge in [0.1, 0.15) is 11.6 Å². The number of ether oxygens (including phenoxy) is 1. The smallest absolute Gasteiger partial charge is 0.336 e. The van der Waals surface area contributed by atoms with Crippen LogP contribution in [0.25, 0.3) is 0 Å². The minimum atomic E-state index is -0.715. The molecular formula is C24H25F2NO3. The van der Waals surface area contributed by atoms with Crippen LogP contribution < -0.4 is 0 Å². The zero-order chi connectivity index (χ0) is 22.0. The third-order valence-electron chi connectivity index (χ3n) is 5.13. The fourth-order valence-electron chi connectivity index (χ4n) is 3.71. The van der Waals surface area contributed by atoms with Crippen LogP contribution in [0.4, 0.5) is 8.78 Å². The second kappa shape index (κ2) is 8.78. The maximum absolute atomic E-state index is 13.6. The van der Waals surface area contributed by atoms with Crippen molar-refractivity contribution in [3.05, 3.63) is 82.1 Å². The molecule has 1 heterocycles. The number of hydrogen-bond acceptors (Lipinski definition) is 3. The molecule has 0 N–H and O–H groups in total. The van der Waals surface area contributed by atoms with Crippen LogP contribution in [0.3, 0.4) is 0 Å². The van der Waals surface area contributed by atoms with Crippen LogP contribution in [-0.4, -0.2) is 22.9 Å². The number of nitrogens with zero attached hydrogens (tertiary/aromatic N) is 1. The monoisotopic (exact) mass is 413 g/mol. The maximum Gasteiger partial charge on any atom is 0.336 e. The lowest BCUT2D eigenvalue weighted by molar-refractivity contribution is -0.143. The Bertz CT molecular complexity index is 976. The van der Waals surface area contributed by atoms with Gasteiger partial charge in [0.15, 0.2) is 0 Å². The highest BCUT2D eigenvalue weighted by Crippen LogP contribution is 2.38. The molecule has 0 fully saturated rings. The van der Waals surface area contributed by atoms with E-state index < -0.39 is 23.5 Å².